The van der Waals surface area contributed by atoms with Gasteiger partial charge in [-0.2, -0.15) is 4.57 Å². The highest BCUT2D eigenvalue weighted by atomic mass is 16.5. The van der Waals surface area contributed by atoms with Crippen molar-refractivity contribution < 1.29 is 9.30 Å². The van der Waals surface area contributed by atoms with Crippen LogP contribution in [-0.2, 0) is 7.05 Å². The van der Waals surface area contributed by atoms with E-state index in [9.17, 15) is 0 Å². The van der Waals surface area contributed by atoms with E-state index in [1.807, 2.05) is 13.0 Å². The number of ether oxygens (including phenoxy) is 1. The Bertz CT molecular complexity index is 491. The average molecular weight is 202 g/mol. The lowest BCUT2D eigenvalue weighted by atomic mass is 10.2. The van der Waals surface area contributed by atoms with Gasteiger partial charge in [-0.1, -0.05) is 0 Å². The predicted octanol–water partition coefficient (Wildman–Crippen LogP) is 2.37. The number of nitrogens with zero attached hydrogens (tertiary/aromatic N) is 1. The summed E-state index contributed by atoms with van der Waals surface area (Å²) in [5, 5.41) is 1.22. The van der Waals surface area contributed by atoms with Gasteiger partial charge in [0, 0.05) is 19.1 Å². The van der Waals surface area contributed by atoms with Crippen molar-refractivity contribution in [1.82, 2.24) is 0 Å². The van der Waals surface area contributed by atoms with Crippen LogP contribution >= 0.6 is 0 Å². The largest absolute Gasteiger partial charge is 0.494 e. The Hall–Kier alpha value is -1.57. The zero-order valence-corrected chi connectivity index (χ0v) is 9.45. The van der Waals surface area contributed by atoms with Crippen LogP contribution in [-0.4, -0.2) is 6.61 Å². The smallest absolute Gasteiger partial charge is 0.212 e. The van der Waals surface area contributed by atoms with Gasteiger partial charge in [0.15, 0.2) is 5.69 Å². The Morgan fingerprint density at radius 3 is 2.73 bits per heavy atom. The number of aromatic nitrogens is 1. The molecular weight excluding hydrogens is 186 g/mol. The molecule has 0 spiro atoms. The van der Waals surface area contributed by atoms with Crippen LogP contribution in [0.15, 0.2) is 30.3 Å². The second-order valence-corrected chi connectivity index (χ2v) is 3.69. The molecule has 0 fully saturated rings. The van der Waals surface area contributed by atoms with Gasteiger partial charge in [0.05, 0.1) is 12.0 Å². The first-order valence-corrected chi connectivity index (χ1v) is 5.24. The Kier molecular flexibility index (Phi) is 2.58. The first-order chi connectivity index (χ1) is 7.22. The molecule has 1 aromatic carbocycles. The van der Waals surface area contributed by atoms with Crippen molar-refractivity contribution in [2.75, 3.05) is 6.61 Å². The van der Waals surface area contributed by atoms with Crippen LogP contribution in [0.5, 0.6) is 5.75 Å². The van der Waals surface area contributed by atoms with Crippen LogP contribution in [0.25, 0.3) is 10.9 Å². The molecule has 1 heterocycles. The number of hydrogen-bond acceptors (Lipinski definition) is 1. The van der Waals surface area contributed by atoms with Gasteiger partial charge >= 0.3 is 0 Å². The maximum absolute atomic E-state index is 5.47. The van der Waals surface area contributed by atoms with E-state index in [0.717, 1.165) is 5.75 Å². The van der Waals surface area contributed by atoms with Crippen LogP contribution in [0.1, 0.15) is 12.6 Å². The molecule has 0 saturated heterocycles. The number of benzene rings is 1. The zero-order valence-electron chi connectivity index (χ0n) is 9.45. The summed E-state index contributed by atoms with van der Waals surface area (Å²) in [7, 11) is 2.08. The van der Waals surface area contributed by atoms with E-state index in [1.54, 1.807) is 0 Å². The van der Waals surface area contributed by atoms with Crippen molar-refractivity contribution in [2.45, 2.75) is 13.8 Å². The van der Waals surface area contributed by atoms with Gasteiger partial charge in [-0.15, -0.1) is 0 Å². The summed E-state index contributed by atoms with van der Waals surface area (Å²) in [5.74, 6) is 0.939. The lowest BCUT2D eigenvalue weighted by Gasteiger charge is -2.04. The summed E-state index contributed by atoms with van der Waals surface area (Å²) in [6.45, 7) is 4.82. The number of rotatable bonds is 2. The minimum atomic E-state index is 0.712. The standard InChI is InChI=1S/C13H16NO/c1-4-15-12-7-8-13-11(9-12)6-5-10(2)14(13)3/h5-9H,4H2,1-3H3/q+1. The molecule has 0 aliphatic carbocycles. The number of aryl methyl sites for hydroxylation is 2. The third kappa shape index (κ3) is 1.80. The fourth-order valence-corrected chi connectivity index (χ4v) is 1.74. The predicted molar refractivity (Wildman–Crippen MR) is 61.0 cm³/mol. The van der Waals surface area contributed by atoms with E-state index in [2.05, 4.69) is 42.8 Å². The summed E-state index contributed by atoms with van der Waals surface area (Å²) < 4.78 is 7.66. The Morgan fingerprint density at radius 2 is 2.00 bits per heavy atom. The molecule has 1 aromatic heterocycles. The molecular formula is C13H16NO+. The SMILES string of the molecule is CCOc1ccc2c(ccc(C)[n+]2C)c1. The maximum atomic E-state index is 5.47. The summed E-state index contributed by atoms with van der Waals surface area (Å²) in [5.41, 5.74) is 2.49. The topological polar surface area (TPSA) is 13.1 Å². The van der Waals surface area contributed by atoms with Gasteiger partial charge < -0.3 is 4.74 Å². The lowest BCUT2D eigenvalue weighted by Crippen LogP contribution is -2.32. The molecule has 0 bridgehead atoms. The first kappa shape index (κ1) is 9.97. The number of pyridine rings is 1. The monoisotopic (exact) mass is 202 g/mol. The average Bonchev–Trinajstić information content (AvgIpc) is 2.24. The van der Waals surface area contributed by atoms with E-state index >= 15 is 0 Å². The molecule has 2 rings (SSSR count). The van der Waals surface area contributed by atoms with Crippen molar-refractivity contribution in [1.29, 1.82) is 0 Å². The van der Waals surface area contributed by atoms with Gasteiger partial charge in [-0.3, -0.25) is 0 Å². The van der Waals surface area contributed by atoms with Crippen LogP contribution in [0.2, 0.25) is 0 Å². The minimum Gasteiger partial charge on any atom is -0.494 e. The van der Waals surface area contributed by atoms with Gasteiger partial charge in [0.25, 0.3) is 0 Å². The summed E-state index contributed by atoms with van der Waals surface area (Å²) in [6, 6.07) is 10.5. The van der Waals surface area contributed by atoms with Crippen molar-refractivity contribution in [2.24, 2.45) is 7.05 Å². The zero-order chi connectivity index (χ0) is 10.8. The van der Waals surface area contributed by atoms with Crippen LogP contribution in [0, 0.1) is 6.92 Å². The minimum absolute atomic E-state index is 0.712. The Balaban J connectivity index is 2.59. The molecule has 0 aliphatic rings. The van der Waals surface area contributed by atoms with Crippen LogP contribution in [0.4, 0.5) is 0 Å². The second kappa shape index (κ2) is 3.89. The fraction of sp³-hybridized carbons (Fsp3) is 0.308. The Labute approximate surface area is 90.1 Å². The first-order valence-electron chi connectivity index (χ1n) is 5.24. The van der Waals surface area contributed by atoms with Crippen molar-refractivity contribution >= 4 is 10.9 Å². The molecule has 0 radical (unpaired) electrons. The molecule has 2 heteroatoms. The highest BCUT2D eigenvalue weighted by Gasteiger charge is 2.08. The van der Waals surface area contributed by atoms with E-state index in [0.29, 0.717) is 6.61 Å². The quantitative estimate of drug-likeness (QED) is 0.681. The van der Waals surface area contributed by atoms with Crippen LogP contribution < -0.4 is 9.30 Å². The van der Waals surface area contributed by atoms with Crippen molar-refractivity contribution in [3.8, 4) is 5.75 Å². The highest BCUT2D eigenvalue weighted by Crippen LogP contribution is 2.18. The highest BCUT2D eigenvalue weighted by molar-refractivity contribution is 5.77. The fourth-order valence-electron chi connectivity index (χ4n) is 1.74. The van der Waals surface area contributed by atoms with E-state index in [-0.39, 0.29) is 0 Å². The second-order valence-electron chi connectivity index (χ2n) is 3.69. The van der Waals surface area contributed by atoms with Crippen molar-refractivity contribution in [3.63, 3.8) is 0 Å². The molecule has 15 heavy (non-hydrogen) atoms. The summed E-state index contributed by atoms with van der Waals surface area (Å²) >= 11 is 0. The number of fused-ring (bicyclic) bond motifs is 1. The molecule has 0 aliphatic heterocycles. The van der Waals surface area contributed by atoms with Gasteiger partial charge in [-0.05, 0) is 25.1 Å². The third-order valence-corrected chi connectivity index (χ3v) is 2.70. The van der Waals surface area contributed by atoms with Crippen LogP contribution in [0.3, 0.4) is 0 Å². The third-order valence-electron chi connectivity index (χ3n) is 2.70. The summed E-state index contributed by atoms with van der Waals surface area (Å²) in [4.78, 5) is 0. The molecule has 0 unspecified atom stereocenters. The lowest BCUT2D eigenvalue weighted by molar-refractivity contribution is -0.651. The van der Waals surface area contributed by atoms with Crippen molar-refractivity contribution in [3.05, 3.63) is 36.0 Å². The molecule has 0 N–H and O–H groups in total. The van der Waals surface area contributed by atoms with E-state index < -0.39 is 0 Å². The summed E-state index contributed by atoms with van der Waals surface area (Å²) in [6.07, 6.45) is 0. The maximum Gasteiger partial charge on any atom is 0.212 e. The molecule has 0 atom stereocenters. The molecule has 2 aromatic rings. The number of hydrogen-bond donors (Lipinski definition) is 0. The van der Waals surface area contributed by atoms with Gasteiger partial charge in [0.2, 0.25) is 5.52 Å². The Morgan fingerprint density at radius 1 is 1.20 bits per heavy atom. The van der Waals surface area contributed by atoms with Gasteiger partial charge in [-0.25, -0.2) is 0 Å². The molecule has 0 saturated carbocycles. The van der Waals surface area contributed by atoms with E-state index in [4.69, 9.17) is 4.74 Å². The molecule has 0 amide bonds. The molecule has 78 valence electrons. The molecule has 2 nitrogen and oxygen atoms in total. The van der Waals surface area contributed by atoms with E-state index in [1.165, 1.54) is 16.6 Å². The van der Waals surface area contributed by atoms with Gasteiger partial charge in [0.1, 0.15) is 12.8 Å². The normalized spacial score (nSPS) is 10.6.